The Kier molecular flexibility index (Phi) is 6.28. The minimum atomic E-state index is 0.163. The van der Waals surface area contributed by atoms with E-state index < -0.39 is 0 Å². The van der Waals surface area contributed by atoms with E-state index in [4.69, 9.17) is 4.74 Å². The highest BCUT2D eigenvalue weighted by Gasteiger charge is 2.23. The molecule has 1 aliphatic rings. The molecule has 0 bridgehead atoms. The first-order valence-electron chi connectivity index (χ1n) is 8.51. The van der Waals surface area contributed by atoms with Crippen LogP contribution in [0, 0.1) is 5.92 Å². The molecule has 0 spiro atoms. The van der Waals surface area contributed by atoms with Crippen molar-refractivity contribution >= 4 is 11.6 Å². The minimum absolute atomic E-state index is 0.163. The largest absolute Gasteiger partial charge is 0.497 e. The number of methoxy groups -OCH3 is 1. The van der Waals surface area contributed by atoms with Crippen molar-refractivity contribution in [2.24, 2.45) is 5.92 Å². The van der Waals surface area contributed by atoms with Gasteiger partial charge in [0.05, 0.1) is 33.3 Å². The molecule has 0 saturated carbocycles. The van der Waals surface area contributed by atoms with Crippen LogP contribution in [-0.4, -0.2) is 51.8 Å². The van der Waals surface area contributed by atoms with E-state index in [9.17, 15) is 4.79 Å². The molecule has 1 saturated heterocycles. The van der Waals surface area contributed by atoms with Crippen LogP contribution < -0.4 is 19.9 Å². The number of benzene rings is 1. The summed E-state index contributed by atoms with van der Waals surface area (Å²) in [6.45, 7) is 10.8. The monoisotopic (exact) mass is 320 g/mol. The number of carbonyl (C=O) groups excluding carboxylic acids is 1. The highest BCUT2D eigenvalue weighted by molar-refractivity contribution is 5.77. The molecule has 1 aromatic carbocycles. The van der Waals surface area contributed by atoms with Crippen molar-refractivity contribution in [1.82, 2.24) is 5.32 Å². The summed E-state index contributed by atoms with van der Waals surface area (Å²) in [7, 11) is 1.69. The van der Waals surface area contributed by atoms with Crippen molar-refractivity contribution in [1.29, 1.82) is 0 Å². The van der Waals surface area contributed by atoms with E-state index >= 15 is 0 Å². The maximum Gasteiger partial charge on any atom is 0.275 e. The number of rotatable bonds is 6. The zero-order valence-corrected chi connectivity index (χ0v) is 14.8. The van der Waals surface area contributed by atoms with Crippen molar-refractivity contribution < 1.29 is 14.4 Å². The van der Waals surface area contributed by atoms with E-state index in [0.29, 0.717) is 12.5 Å². The Hall–Kier alpha value is -1.75. The standard InChI is InChI=1S/C18H29N3O2/c1-14(2)15(3)19-18(22)13-20-8-10-21(11-9-20)16-6-5-7-17(12-16)23-4/h5-7,12,14-15H,8-11,13H2,1-4H3,(H,19,22)/p+1/t15-/m0/s1. The predicted octanol–water partition coefficient (Wildman–Crippen LogP) is 0.561. The number of nitrogens with one attached hydrogen (secondary N) is 2. The maximum absolute atomic E-state index is 12.1. The second kappa shape index (κ2) is 8.20. The van der Waals surface area contributed by atoms with Gasteiger partial charge < -0.3 is 19.9 Å². The van der Waals surface area contributed by atoms with Crippen molar-refractivity contribution in [2.75, 3.05) is 44.7 Å². The molecule has 0 aliphatic carbocycles. The van der Waals surface area contributed by atoms with Crippen molar-refractivity contribution in [2.45, 2.75) is 26.8 Å². The Balaban J connectivity index is 1.80. The number of nitrogens with zero attached hydrogens (tertiary/aromatic N) is 1. The number of anilines is 1. The van der Waals surface area contributed by atoms with Crippen LogP contribution in [0.2, 0.25) is 0 Å². The topological polar surface area (TPSA) is 46.0 Å². The summed E-state index contributed by atoms with van der Waals surface area (Å²) in [5, 5.41) is 3.09. The first-order valence-corrected chi connectivity index (χ1v) is 8.51. The summed E-state index contributed by atoms with van der Waals surface area (Å²) in [6.07, 6.45) is 0. The molecule has 2 N–H and O–H groups in total. The van der Waals surface area contributed by atoms with Gasteiger partial charge in [-0.05, 0) is 25.0 Å². The van der Waals surface area contributed by atoms with Crippen molar-refractivity contribution in [3.05, 3.63) is 24.3 Å². The third-order valence-corrected chi connectivity index (χ3v) is 4.69. The summed E-state index contributed by atoms with van der Waals surface area (Å²) < 4.78 is 5.29. The van der Waals surface area contributed by atoms with Gasteiger partial charge in [-0.2, -0.15) is 0 Å². The lowest BCUT2D eigenvalue weighted by atomic mass is 10.1. The quantitative estimate of drug-likeness (QED) is 0.805. The molecular formula is C18H30N3O2+. The van der Waals surface area contributed by atoms with Gasteiger partial charge in [0.2, 0.25) is 0 Å². The van der Waals surface area contributed by atoms with Gasteiger partial charge in [-0.25, -0.2) is 0 Å². The summed E-state index contributed by atoms with van der Waals surface area (Å²) in [4.78, 5) is 15.8. The lowest BCUT2D eigenvalue weighted by Gasteiger charge is -2.33. The van der Waals surface area contributed by atoms with Gasteiger partial charge in [-0.1, -0.05) is 19.9 Å². The van der Waals surface area contributed by atoms with E-state index in [0.717, 1.165) is 31.9 Å². The van der Waals surface area contributed by atoms with Crippen molar-refractivity contribution in [3.63, 3.8) is 0 Å². The maximum atomic E-state index is 12.1. The van der Waals surface area contributed by atoms with E-state index in [-0.39, 0.29) is 11.9 Å². The molecule has 1 aliphatic heterocycles. The molecule has 1 fully saturated rings. The second-order valence-corrected chi connectivity index (χ2v) is 6.72. The number of quaternary nitrogens is 1. The minimum Gasteiger partial charge on any atom is -0.497 e. The van der Waals surface area contributed by atoms with Gasteiger partial charge in [-0.15, -0.1) is 0 Å². The van der Waals surface area contributed by atoms with Gasteiger partial charge in [0.1, 0.15) is 5.75 Å². The Morgan fingerprint density at radius 3 is 2.61 bits per heavy atom. The van der Waals surface area contributed by atoms with Crippen molar-refractivity contribution in [3.8, 4) is 5.75 Å². The fraction of sp³-hybridized carbons (Fsp3) is 0.611. The van der Waals surface area contributed by atoms with Crippen LogP contribution in [0.5, 0.6) is 5.75 Å². The molecule has 0 radical (unpaired) electrons. The first-order chi connectivity index (χ1) is 11.0. The average Bonchev–Trinajstić information content (AvgIpc) is 2.55. The number of hydrogen-bond acceptors (Lipinski definition) is 3. The predicted molar refractivity (Wildman–Crippen MR) is 93.2 cm³/mol. The molecule has 1 atom stereocenters. The molecule has 1 heterocycles. The molecular weight excluding hydrogens is 290 g/mol. The Labute approximate surface area is 139 Å². The molecule has 23 heavy (non-hydrogen) atoms. The summed E-state index contributed by atoms with van der Waals surface area (Å²) >= 11 is 0. The fourth-order valence-corrected chi connectivity index (χ4v) is 2.76. The summed E-state index contributed by atoms with van der Waals surface area (Å²) in [5.74, 6) is 1.52. The van der Waals surface area contributed by atoms with E-state index in [1.807, 2.05) is 12.1 Å². The van der Waals surface area contributed by atoms with E-state index in [2.05, 4.69) is 43.1 Å². The zero-order chi connectivity index (χ0) is 16.8. The second-order valence-electron chi connectivity index (χ2n) is 6.72. The highest BCUT2D eigenvalue weighted by Crippen LogP contribution is 2.20. The van der Waals surface area contributed by atoms with Gasteiger partial charge >= 0.3 is 0 Å². The molecule has 5 nitrogen and oxygen atoms in total. The molecule has 128 valence electrons. The van der Waals surface area contributed by atoms with Crippen LogP contribution in [0.15, 0.2) is 24.3 Å². The van der Waals surface area contributed by atoms with Crippen LogP contribution in [0.1, 0.15) is 20.8 Å². The lowest BCUT2D eigenvalue weighted by molar-refractivity contribution is -0.892. The zero-order valence-electron chi connectivity index (χ0n) is 14.8. The van der Waals surface area contributed by atoms with Gasteiger partial charge in [0.25, 0.3) is 5.91 Å². The number of hydrogen-bond donors (Lipinski definition) is 2. The summed E-state index contributed by atoms with van der Waals surface area (Å²) in [5.41, 5.74) is 1.20. The molecule has 0 unspecified atom stereocenters. The molecule has 1 aromatic rings. The number of piperazine rings is 1. The van der Waals surface area contributed by atoms with Crippen LogP contribution >= 0.6 is 0 Å². The van der Waals surface area contributed by atoms with Crippen LogP contribution in [0.4, 0.5) is 5.69 Å². The van der Waals surface area contributed by atoms with E-state index in [1.54, 1.807) is 7.11 Å². The third kappa shape index (κ3) is 5.13. The van der Waals surface area contributed by atoms with Gasteiger partial charge in [-0.3, -0.25) is 4.79 Å². The molecule has 1 amide bonds. The summed E-state index contributed by atoms with van der Waals surface area (Å²) in [6, 6.07) is 8.41. The first kappa shape index (κ1) is 17.6. The number of ether oxygens (including phenoxy) is 1. The normalized spacial score (nSPS) is 17.2. The average molecular weight is 320 g/mol. The van der Waals surface area contributed by atoms with E-state index in [1.165, 1.54) is 10.6 Å². The van der Waals surface area contributed by atoms with Gasteiger partial charge in [0, 0.05) is 17.8 Å². The Morgan fingerprint density at radius 2 is 2.00 bits per heavy atom. The van der Waals surface area contributed by atoms with Gasteiger partial charge in [0.15, 0.2) is 6.54 Å². The number of amides is 1. The fourth-order valence-electron chi connectivity index (χ4n) is 2.76. The lowest BCUT2D eigenvalue weighted by Crippen LogP contribution is -3.16. The van der Waals surface area contributed by atoms with Crippen LogP contribution in [-0.2, 0) is 4.79 Å². The molecule has 5 heteroatoms. The third-order valence-electron chi connectivity index (χ3n) is 4.69. The molecule has 2 rings (SSSR count). The molecule has 0 aromatic heterocycles. The van der Waals surface area contributed by atoms with Crippen LogP contribution in [0.3, 0.4) is 0 Å². The van der Waals surface area contributed by atoms with Crippen LogP contribution in [0.25, 0.3) is 0 Å². The Morgan fingerprint density at radius 1 is 1.30 bits per heavy atom. The smallest absolute Gasteiger partial charge is 0.275 e. The number of carbonyl (C=O) groups is 1. The SMILES string of the molecule is COc1cccc(N2CC[NH+](CC(=O)N[C@@H](C)C(C)C)CC2)c1. The Bertz CT molecular complexity index is 511. The highest BCUT2D eigenvalue weighted by atomic mass is 16.5.